The van der Waals surface area contributed by atoms with Gasteiger partial charge in [0.2, 0.25) is 0 Å². The largest absolute Gasteiger partial charge is 0.371 e. The molecule has 0 aromatic heterocycles. The van der Waals surface area contributed by atoms with Gasteiger partial charge in [0.25, 0.3) is 0 Å². The molecule has 1 fully saturated rings. The predicted octanol–water partition coefficient (Wildman–Crippen LogP) is 2.86. The number of anilines is 1. The predicted molar refractivity (Wildman–Crippen MR) is 87.3 cm³/mol. The lowest BCUT2D eigenvalue weighted by Gasteiger charge is -2.38. The van der Waals surface area contributed by atoms with Gasteiger partial charge in [0, 0.05) is 44.0 Å². The molecule has 1 N–H and O–H groups in total. The summed E-state index contributed by atoms with van der Waals surface area (Å²) < 4.78 is 14.1. The molecule has 1 aromatic carbocycles. The number of rotatable bonds is 6. The zero-order valence-electron chi connectivity index (χ0n) is 13.5. The van der Waals surface area contributed by atoms with E-state index in [0.29, 0.717) is 12.6 Å². The van der Waals surface area contributed by atoms with Gasteiger partial charge in [-0.25, -0.2) is 4.39 Å². The highest BCUT2D eigenvalue weighted by atomic mass is 19.1. The van der Waals surface area contributed by atoms with Gasteiger partial charge < -0.3 is 15.1 Å². The van der Waals surface area contributed by atoms with Gasteiger partial charge in [-0.15, -0.1) is 0 Å². The van der Waals surface area contributed by atoms with Crippen LogP contribution in [-0.4, -0.2) is 44.2 Å². The van der Waals surface area contributed by atoms with Crippen molar-refractivity contribution in [1.29, 1.82) is 0 Å². The minimum absolute atomic E-state index is 0.105. The van der Waals surface area contributed by atoms with E-state index in [2.05, 4.69) is 29.1 Å². The van der Waals surface area contributed by atoms with E-state index in [1.165, 1.54) is 0 Å². The third-order valence-electron chi connectivity index (χ3n) is 4.58. The van der Waals surface area contributed by atoms with Crippen LogP contribution in [0.2, 0.25) is 0 Å². The van der Waals surface area contributed by atoms with E-state index in [9.17, 15) is 4.39 Å². The Balaban J connectivity index is 2.11. The minimum Gasteiger partial charge on any atom is -0.371 e. The topological polar surface area (TPSA) is 18.5 Å². The number of piperidine rings is 1. The van der Waals surface area contributed by atoms with Crippen molar-refractivity contribution in [1.82, 2.24) is 10.2 Å². The Morgan fingerprint density at radius 1 is 1.29 bits per heavy atom. The monoisotopic (exact) mass is 293 g/mol. The molecule has 0 aliphatic carbocycles. The molecule has 2 rings (SSSR count). The minimum atomic E-state index is -0.105. The van der Waals surface area contributed by atoms with Gasteiger partial charge in [-0.2, -0.15) is 0 Å². The average Bonchev–Trinajstić information content (AvgIpc) is 2.53. The van der Waals surface area contributed by atoms with Gasteiger partial charge in [-0.3, -0.25) is 0 Å². The van der Waals surface area contributed by atoms with Crippen LogP contribution in [0.4, 0.5) is 10.1 Å². The van der Waals surface area contributed by atoms with Gasteiger partial charge in [-0.05, 0) is 38.1 Å². The zero-order chi connectivity index (χ0) is 15.2. The number of nitrogens with zero attached hydrogens (tertiary/aromatic N) is 2. The maximum Gasteiger partial charge on any atom is 0.129 e. The van der Waals surface area contributed by atoms with Crippen molar-refractivity contribution < 1.29 is 4.39 Å². The lowest BCUT2D eigenvalue weighted by molar-refractivity contribution is 0.220. The third kappa shape index (κ3) is 3.95. The van der Waals surface area contributed by atoms with Crippen LogP contribution >= 0.6 is 0 Å². The van der Waals surface area contributed by atoms with Gasteiger partial charge in [0.1, 0.15) is 5.82 Å². The molecule has 1 saturated heterocycles. The molecule has 21 heavy (non-hydrogen) atoms. The lowest BCUT2D eigenvalue weighted by atomic mass is 10.0. The van der Waals surface area contributed by atoms with Gasteiger partial charge >= 0.3 is 0 Å². The van der Waals surface area contributed by atoms with Crippen molar-refractivity contribution in [3.8, 4) is 0 Å². The first kappa shape index (κ1) is 16.2. The normalized spacial score (nSPS) is 17.1. The average molecular weight is 293 g/mol. The first-order chi connectivity index (χ1) is 10.2. The van der Waals surface area contributed by atoms with E-state index in [1.807, 2.05) is 19.1 Å². The fraction of sp³-hybridized carbons (Fsp3) is 0.647. The summed E-state index contributed by atoms with van der Waals surface area (Å²) >= 11 is 0. The fourth-order valence-electron chi connectivity index (χ4n) is 3.12. The molecule has 1 aliphatic heterocycles. The molecule has 1 aromatic rings. The summed E-state index contributed by atoms with van der Waals surface area (Å²) in [6.45, 7) is 9.12. The number of halogens is 1. The van der Waals surface area contributed by atoms with E-state index in [1.54, 1.807) is 6.07 Å². The zero-order valence-corrected chi connectivity index (χ0v) is 13.5. The number of nitrogens with one attached hydrogen (secondary N) is 1. The Labute approximate surface area is 128 Å². The molecule has 0 atom stereocenters. The second-order valence-electron chi connectivity index (χ2n) is 5.79. The molecule has 118 valence electrons. The highest BCUT2D eigenvalue weighted by Gasteiger charge is 2.23. The van der Waals surface area contributed by atoms with Crippen LogP contribution in [0.1, 0.15) is 32.3 Å². The Kier molecular flexibility index (Phi) is 6.00. The highest BCUT2D eigenvalue weighted by molar-refractivity contribution is 5.54. The van der Waals surface area contributed by atoms with Crippen LogP contribution in [-0.2, 0) is 6.54 Å². The van der Waals surface area contributed by atoms with Crippen molar-refractivity contribution in [2.45, 2.75) is 39.3 Å². The highest BCUT2D eigenvalue weighted by Crippen LogP contribution is 2.27. The quantitative estimate of drug-likeness (QED) is 0.870. The molecule has 0 amide bonds. The molecule has 0 saturated carbocycles. The summed E-state index contributed by atoms with van der Waals surface area (Å²) in [5.74, 6) is -0.105. The molecule has 0 unspecified atom stereocenters. The molecule has 3 nitrogen and oxygen atoms in total. The Morgan fingerprint density at radius 3 is 2.62 bits per heavy atom. The van der Waals surface area contributed by atoms with Gasteiger partial charge in [0.05, 0.1) is 0 Å². The van der Waals surface area contributed by atoms with E-state index in [0.717, 1.165) is 50.3 Å². The number of hydrogen-bond acceptors (Lipinski definition) is 3. The summed E-state index contributed by atoms with van der Waals surface area (Å²) in [5, 5.41) is 3.24. The van der Waals surface area contributed by atoms with Crippen LogP contribution in [0, 0.1) is 5.82 Å². The molecule has 0 spiro atoms. The van der Waals surface area contributed by atoms with E-state index >= 15 is 0 Å². The van der Waals surface area contributed by atoms with Crippen LogP contribution in [0.25, 0.3) is 0 Å². The van der Waals surface area contributed by atoms with Crippen molar-refractivity contribution >= 4 is 5.69 Å². The summed E-state index contributed by atoms with van der Waals surface area (Å²) in [5.41, 5.74) is 1.82. The van der Waals surface area contributed by atoms with Crippen LogP contribution in [0.5, 0.6) is 0 Å². The maximum absolute atomic E-state index is 14.1. The smallest absolute Gasteiger partial charge is 0.129 e. The Hall–Kier alpha value is -1.13. The van der Waals surface area contributed by atoms with Crippen molar-refractivity contribution in [2.24, 2.45) is 0 Å². The first-order valence-corrected chi connectivity index (χ1v) is 8.10. The van der Waals surface area contributed by atoms with Crippen LogP contribution in [0.15, 0.2) is 18.2 Å². The third-order valence-corrected chi connectivity index (χ3v) is 4.58. The summed E-state index contributed by atoms with van der Waals surface area (Å²) in [7, 11) is 2.11. The van der Waals surface area contributed by atoms with Crippen molar-refractivity contribution in [2.75, 3.05) is 38.1 Å². The standard InChI is InChI=1S/C17H28FN3/c1-4-19-13-15-16(18)7-6-8-17(15)20(3)14-9-11-21(5-2)12-10-14/h6-8,14,19H,4-5,9-13H2,1-3H3. The Bertz CT molecular complexity index is 442. The SMILES string of the molecule is CCNCc1c(F)cccc1N(C)C1CCN(CC)CC1. The lowest BCUT2D eigenvalue weighted by Crippen LogP contribution is -2.43. The maximum atomic E-state index is 14.1. The molecule has 4 heteroatoms. The Morgan fingerprint density at radius 2 is 2.00 bits per heavy atom. The molecular formula is C17H28FN3. The second-order valence-corrected chi connectivity index (χ2v) is 5.79. The number of likely N-dealkylation sites (tertiary alicyclic amines) is 1. The van der Waals surface area contributed by atoms with Crippen molar-refractivity contribution in [3.05, 3.63) is 29.6 Å². The fourth-order valence-corrected chi connectivity index (χ4v) is 3.12. The van der Waals surface area contributed by atoms with E-state index in [4.69, 9.17) is 0 Å². The summed E-state index contributed by atoms with van der Waals surface area (Å²) in [4.78, 5) is 4.76. The first-order valence-electron chi connectivity index (χ1n) is 8.10. The molecular weight excluding hydrogens is 265 g/mol. The van der Waals surface area contributed by atoms with Gasteiger partial charge in [0.15, 0.2) is 0 Å². The molecule has 1 aliphatic rings. The van der Waals surface area contributed by atoms with E-state index < -0.39 is 0 Å². The summed E-state index contributed by atoms with van der Waals surface area (Å²) in [6.07, 6.45) is 2.31. The molecule has 0 radical (unpaired) electrons. The molecule has 1 heterocycles. The van der Waals surface area contributed by atoms with Crippen molar-refractivity contribution in [3.63, 3.8) is 0 Å². The van der Waals surface area contributed by atoms with E-state index in [-0.39, 0.29) is 5.82 Å². The summed E-state index contributed by atoms with van der Waals surface area (Å²) in [6, 6.07) is 5.93. The van der Waals surface area contributed by atoms with Crippen LogP contribution < -0.4 is 10.2 Å². The molecule has 0 bridgehead atoms. The number of benzene rings is 1. The van der Waals surface area contributed by atoms with Crippen LogP contribution in [0.3, 0.4) is 0 Å². The second kappa shape index (κ2) is 7.76. The number of hydrogen-bond donors (Lipinski definition) is 1. The van der Waals surface area contributed by atoms with Gasteiger partial charge in [-0.1, -0.05) is 19.9 Å².